The van der Waals surface area contributed by atoms with E-state index in [1.807, 2.05) is 0 Å². The van der Waals surface area contributed by atoms with Gasteiger partial charge in [-0.05, 0) is 38.4 Å². The lowest BCUT2D eigenvalue weighted by molar-refractivity contribution is 0.0994. The number of likely N-dealkylation sites (N-methyl/N-ethyl adjacent to an activating group) is 1. The summed E-state index contributed by atoms with van der Waals surface area (Å²) in [6.07, 6.45) is 2.43. The van der Waals surface area contributed by atoms with E-state index in [1.54, 1.807) is 12.1 Å². The zero-order valence-electron chi connectivity index (χ0n) is 10.6. The van der Waals surface area contributed by atoms with E-state index in [1.165, 1.54) is 12.8 Å². The standard InChI is InChI=1S/C12H19N5O/c1-2-17(8-9-4-3-7-14-9)11-6-5-10(12(13)18)15-16-11/h5-6,9,14H,2-4,7-8H2,1H3,(H2,13,18). The Morgan fingerprint density at radius 2 is 2.39 bits per heavy atom. The molecule has 98 valence electrons. The molecular formula is C12H19N5O. The Hall–Kier alpha value is -1.69. The number of nitrogens with one attached hydrogen (secondary N) is 1. The third-order valence-corrected chi connectivity index (χ3v) is 3.21. The zero-order valence-corrected chi connectivity index (χ0v) is 10.6. The molecule has 1 fully saturated rings. The fraction of sp³-hybridized carbons (Fsp3) is 0.583. The molecule has 2 heterocycles. The van der Waals surface area contributed by atoms with Gasteiger partial charge in [0.15, 0.2) is 11.5 Å². The molecule has 1 atom stereocenters. The van der Waals surface area contributed by atoms with E-state index in [0.717, 1.165) is 25.5 Å². The SMILES string of the molecule is CCN(CC1CCCN1)c1ccc(C(N)=O)nn1. The first-order chi connectivity index (χ1) is 8.70. The van der Waals surface area contributed by atoms with Crippen molar-refractivity contribution in [2.24, 2.45) is 5.73 Å². The number of aromatic nitrogens is 2. The van der Waals surface area contributed by atoms with Crippen molar-refractivity contribution in [2.45, 2.75) is 25.8 Å². The van der Waals surface area contributed by atoms with Gasteiger partial charge >= 0.3 is 0 Å². The molecule has 0 aromatic carbocycles. The third-order valence-electron chi connectivity index (χ3n) is 3.21. The van der Waals surface area contributed by atoms with Crippen LogP contribution >= 0.6 is 0 Å². The summed E-state index contributed by atoms with van der Waals surface area (Å²) in [5.74, 6) is 0.241. The third kappa shape index (κ3) is 2.95. The van der Waals surface area contributed by atoms with Crippen molar-refractivity contribution in [1.82, 2.24) is 15.5 Å². The van der Waals surface area contributed by atoms with Gasteiger partial charge in [0.05, 0.1) is 0 Å². The Bertz CT molecular complexity index is 399. The lowest BCUT2D eigenvalue weighted by Crippen LogP contribution is -2.38. The van der Waals surface area contributed by atoms with Gasteiger partial charge in [-0.3, -0.25) is 4.79 Å². The topological polar surface area (TPSA) is 84.1 Å². The summed E-state index contributed by atoms with van der Waals surface area (Å²) in [6, 6.07) is 3.93. The van der Waals surface area contributed by atoms with E-state index in [-0.39, 0.29) is 5.69 Å². The molecule has 6 nitrogen and oxygen atoms in total. The van der Waals surface area contributed by atoms with Crippen LogP contribution in [0.3, 0.4) is 0 Å². The van der Waals surface area contributed by atoms with E-state index in [9.17, 15) is 4.79 Å². The van der Waals surface area contributed by atoms with Crippen LogP contribution in [0.4, 0.5) is 5.82 Å². The number of carbonyl (C=O) groups is 1. The van der Waals surface area contributed by atoms with Gasteiger partial charge in [0.2, 0.25) is 0 Å². The van der Waals surface area contributed by atoms with Crippen LogP contribution in [-0.2, 0) is 0 Å². The molecule has 1 unspecified atom stereocenters. The molecule has 0 radical (unpaired) electrons. The number of hydrogen-bond acceptors (Lipinski definition) is 5. The highest BCUT2D eigenvalue weighted by atomic mass is 16.1. The minimum atomic E-state index is -0.547. The Morgan fingerprint density at radius 3 is 2.89 bits per heavy atom. The highest BCUT2D eigenvalue weighted by Crippen LogP contribution is 2.13. The van der Waals surface area contributed by atoms with E-state index < -0.39 is 5.91 Å². The highest BCUT2D eigenvalue weighted by Gasteiger charge is 2.18. The fourth-order valence-corrected chi connectivity index (χ4v) is 2.19. The van der Waals surface area contributed by atoms with Crippen molar-refractivity contribution in [3.8, 4) is 0 Å². The minimum absolute atomic E-state index is 0.203. The Kier molecular flexibility index (Phi) is 4.09. The van der Waals surface area contributed by atoms with Crippen molar-refractivity contribution in [3.63, 3.8) is 0 Å². The molecule has 0 aliphatic carbocycles. The second kappa shape index (κ2) is 5.77. The largest absolute Gasteiger partial charge is 0.364 e. The summed E-state index contributed by atoms with van der Waals surface area (Å²) >= 11 is 0. The van der Waals surface area contributed by atoms with E-state index in [0.29, 0.717) is 6.04 Å². The van der Waals surface area contributed by atoms with E-state index >= 15 is 0 Å². The summed E-state index contributed by atoms with van der Waals surface area (Å²) in [7, 11) is 0. The van der Waals surface area contributed by atoms with Crippen LogP contribution in [0.1, 0.15) is 30.3 Å². The van der Waals surface area contributed by atoms with Gasteiger partial charge in [-0.15, -0.1) is 10.2 Å². The fourth-order valence-electron chi connectivity index (χ4n) is 2.19. The molecule has 3 N–H and O–H groups in total. The zero-order chi connectivity index (χ0) is 13.0. The lowest BCUT2D eigenvalue weighted by Gasteiger charge is -2.24. The average Bonchev–Trinajstić information content (AvgIpc) is 2.89. The van der Waals surface area contributed by atoms with Crippen LogP contribution < -0.4 is 16.0 Å². The number of anilines is 1. The first-order valence-electron chi connectivity index (χ1n) is 6.32. The van der Waals surface area contributed by atoms with Crippen LogP contribution in [-0.4, -0.2) is 41.8 Å². The van der Waals surface area contributed by atoms with Crippen LogP contribution in [0.15, 0.2) is 12.1 Å². The van der Waals surface area contributed by atoms with Gasteiger partial charge in [0.25, 0.3) is 5.91 Å². The Morgan fingerprint density at radius 1 is 1.56 bits per heavy atom. The second-order valence-electron chi connectivity index (χ2n) is 4.47. The summed E-state index contributed by atoms with van der Waals surface area (Å²) in [5.41, 5.74) is 5.34. The number of rotatable bonds is 5. The summed E-state index contributed by atoms with van der Waals surface area (Å²) < 4.78 is 0. The van der Waals surface area contributed by atoms with Crippen molar-refractivity contribution in [1.29, 1.82) is 0 Å². The predicted molar refractivity (Wildman–Crippen MR) is 69.5 cm³/mol. The molecule has 6 heteroatoms. The van der Waals surface area contributed by atoms with Gasteiger partial charge in [-0.25, -0.2) is 0 Å². The van der Waals surface area contributed by atoms with Crippen molar-refractivity contribution < 1.29 is 4.79 Å². The number of nitrogens with zero attached hydrogens (tertiary/aromatic N) is 3. The monoisotopic (exact) mass is 249 g/mol. The summed E-state index contributed by atoms with van der Waals surface area (Å²) in [4.78, 5) is 13.1. The molecule has 0 spiro atoms. The lowest BCUT2D eigenvalue weighted by atomic mass is 10.2. The highest BCUT2D eigenvalue weighted by molar-refractivity contribution is 5.90. The maximum absolute atomic E-state index is 10.9. The normalized spacial score (nSPS) is 18.8. The van der Waals surface area contributed by atoms with Gasteiger partial charge < -0.3 is 16.0 Å². The molecule has 0 saturated carbocycles. The van der Waals surface area contributed by atoms with Crippen LogP contribution in [0.25, 0.3) is 0 Å². The maximum Gasteiger partial charge on any atom is 0.269 e. The maximum atomic E-state index is 10.9. The molecule has 1 amide bonds. The quantitative estimate of drug-likeness (QED) is 0.776. The molecule has 1 aliphatic heterocycles. The Balaban J connectivity index is 2.04. The van der Waals surface area contributed by atoms with Crippen molar-refractivity contribution in [2.75, 3.05) is 24.5 Å². The van der Waals surface area contributed by atoms with Gasteiger partial charge in [-0.2, -0.15) is 0 Å². The molecule has 1 aliphatic rings. The number of amides is 1. The minimum Gasteiger partial charge on any atom is -0.364 e. The number of nitrogens with two attached hydrogens (primary N) is 1. The number of primary amides is 1. The molecule has 1 aromatic heterocycles. The predicted octanol–water partition coefficient (Wildman–Crippen LogP) is 0.154. The smallest absolute Gasteiger partial charge is 0.269 e. The van der Waals surface area contributed by atoms with Crippen molar-refractivity contribution >= 4 is 11.7 Å². The average molecular weight is 249 g/mol. The number of carbonyl (C=O) groups excluding carboxylic acids is 1. The first kappa shape index (κ1) is 12.8. The molecule has 1 saturated heterocycles. The Labute approximate surface area is 107 Å². The van der Waals surface area contributed by atoms with Gasteiger partial charge in [-0.1, -0.05) is 0 Å². The molecular weight excluding hydrogens is 230 g/mol. The van der Waals surface area contributed by atoms with Crippen molar-refractivity contribution in [3.05, 3.63) is 17.8 Å². The summed E-state index contributed by atoms with van der Waals surface area (Å²) in [5, 5.41) is 11.4. The van der Waals surface area contributed by atoms with E-state index in [2.05, 4.69) is 27.3 Å². The molecule has 0 bridgehead atoms. The van der Waals surface area contributed by atoms with Crippen LogP contribution in [0.2, 0.25) is 0 Å². The number of hydrogen-bond donors (Lipinski definition) is 2. The van der Waals surface area contributed by atoms with Crippen LogP contribution in [0.5, 0.6) is 0 Å². The van der Waals surface area contributed by atoms with E-state index in [4.69, 9.17) is 5.73 Å². The van der Waals surface area contributed by atoms with Crippen LogP contribution in [0, 0.1) is 0 Å². The summed E-state index contributed by atoms with van der Waals surface area (Å²) in [6.45, 7) is 4.96. The van der Waals surface area contributed by atoms with Gasteiger partial charge in [0.1, 0.15) is 0 Å². The molecule has 1 aromatic rings. The molecule has 2 rings (SSSR count). The van der Waals surface area contributed by atoms with Gasteiger partial charge in [0, 0.05) is 19.1 Å². The first-order valence-corrected chi connectivity index (χ1v) is 6.32. The molecule has 18 heavy (non-hydrogen) atoms. The second-order valence-corrected chi connectivity index (χ2v) is 4.47.